The Hall–Kier alpha value is -3.53. The zero-order chi connectivity index (χ0) is 29.1. The molecule has 2 heterocycles. The fraction of sp³-hybridized carbons (Fsp3) is 0.387. The van der Waals surface area contributed by atoms with E-state index in [4.69, 9.17) is 0 Å². The molecule has 1 aromatic heterocycles. The van der Waals surface area contributed by atoms with Crippen molar-refractivity contribution in [1.29, 1.82) is 0 Å². The molecule has 41 heavy (non-hydrogen) atoms. The standard InChI is InChI=1S/C31H32F6N4/c1-2-3-4-5-14-40-15-13-23(18-40)38-22-11-9-20(10-12-22)30-24-7-6-8-26(31(35,36)37)29(24)39-41(30)19-25-27(33)16-21(32)17-28(25)34/h6-12,16-17,23,38H,2-5,13-15,18-19H2,1H3/t23-/m0/s1. The summed E-state index contributed by atoms with van der Waals surface area (Å²) in [5.41, 5.74) is -0.0931. The highest BCUT2D eigenvalue weighted by Gasteiger charge is 2.35. The van der Waals surface area contributed by atoms with Crippen molar-refractivity contribution in [1.82, 2.24) is 14.7 Å². The zero-order valence-corrected chi connectivity index (χ0v) is 22.7. The summed E-state index contributed by atoms with van der Waals surface area (Å²) >= 11 is 0. The number of nitrogens with one attached hydrogen (secondary N) is 1. The molecule has 0 radical (unpaired) electrons. The molecule has 1 aliphatic rings. The van der Waals surface area contributed by atoms with Gasteiger partial charge < -0.3 is 10.2 Å². The SMILES string of the molecule is CCCCCCN1CC[C@H](Nc2ccc(-c3c4cccc(C(F)(F)F)c4nn3Cc3c(F)cc(F)cc3F)cc2)C1. The van der Waals surface area contributed by atoms with Gasteiger partial charge in [-0.05, 0) is 37.6 Å². The number of aromatic nitrogens is 2. The maximum Gasteiger partial charge on any atom is 0.418 e. The molecule has 1 fully saturated rings. The van der Waals surface area contributed by atoms with E-state index in [0.717, 1.165) is 42.5 Å². The van der Waals surface area contributed by atoms with Crippen LogP contribution in [-0.2, 0) is 12.7 Å². The van der Waals surface area contributed by atoms with Gasteiger partial charge in [-0.2, -0.15) is 18.3 Å². The fourth-order valence-corrected chi connectivity index (χ4v) is 5.55. The van der Waals surface area contributed by atoms with Gasteiger partial charge in [0.1, 0.15) is 23.0 Å². The third-order valence-corrected chi connectivity index (χ3v) is 7.62. The van der Waals surface area contributed by atoms with Crippen molar-refractivity contribution < 1.29 is 26.3 Å². The molecule has 1 atom stereocenters. The van der Waals surface area contributed by atoms with E-state index in [-0.39, 0.29) is 22.6 Å². The number of benzene rings is 3. The number of hydrogen-bond acceptors (Lipinski definition) is 3. The quantitative estimate of drug-likeness (QED) is 0.153. The highest BCUT2D eigenvalue weighted by molar-refractivity contribution is 5.95. The maximum absolute atomic E-state index is 14.5. The van der Waals surface area contributed by atoms with Gasteiger partial charge in [0.25, 0.3) is 0 Å². The highest BCUT2D eigenvalue weighted by atomic mass is 19.4. The largest absolute Gasteiger partial charge is 0.418 e. The van der Waals surface area contributed by atoms with Crippen LogP contribution in [0.2, 0.25) is 0 Å². The first-order valence-electron chi connectivity index (χ1n) is 13.9. The van der Waals surface area contributed by atoms with Crippen molar-refractivity contribution in [2.24, 2.45) is 0 Å². The molecule has 1 saturated heterocycles. The summed E-state index contributed by atoms with van der Waals surface area (Å²) in [6, 6.07) is 12.3. The molecular formula is C31H32F6N4. The average Bonchev–Trinajstić information content (AvgIpc) is 3.52. The van der Waals surface area contributed by atoms with Crippen molar-refractivity contribution in [3.05, 3.63) is 83.2 Å². The van der Waals surface area contributed by atoms with Crippen LogP contribution in [0.1, 0.15) is 50.2 Å². The number of alkyl halides is 3. The van der Waals surface area contributed by atoms with E-state index < -0.39 is 41.3 Å². The average molecular weight is 575 g/mol. The highest BCUT2D eigenvalue weighted by Crippen LogP contribution is 2.38. The van der Waals surface area contributed by atoms with Gasteiger partial charge in [-0.1, -0.05) is 50.5 Å². The van der Waals surface area contributed by atoms with Gasteiger partial charge >= 0.3 is 6.18 Å². The summed E-state index contributed by atoms with van der Waals surface area (Å²) in [7, 11) is 0. The molecule has 0 aliphatic carbocycles. The van der Waals surface area contributed by atoms with E-state index in [1.165, 1.54) is 37.8 Å². The van der Waals surface area contributed by atoms with Crippen molar-refractivity contribution >= 4 is 16.6 Å². The van der Waals surface area contributed by atoms with Crippen molar-refractivity contribution in [2.75, 3.05) is 25.0 Å². The summed E-state index contributed by atoms with van der Waals surface area (Å²) in [5, 5.41) is 7.88. The van der Waals surface area contributed by atoms with Crippen LogP contribution in [0.5, 0.6) is 0 Å². The molecule has 10 heteroatoms. The van der Waals surface area contributed by atoms with E-state index in [2.05, 4.69) is 22.2 Å². The molecule has 1 N–H and O–H groups in total. The summed E-state index contributed by atoms with van der Waals surface area (Å²) in [6.45, 7) is 4.74. The third kappa shape index (κ3) is 6.53. The summed E-state index contributed by atoms with van der Waals surface area (Å²) in [4.78, 5) is 2.46. The Labute approximate surface area is 235 Å². The third-order valence-electron chi connectivity index (χ3n) is 7.62. The van der Waals surface area contributed by atoms with Gasteiger partial charge in [0.2, 0.25) is 0 Å². The number of nitrogens with zero attached hydrogens (tertiary/aromatic N) is 3. The molecule has 1 aliphatic heterocycles. The number of halogens is 6. The van der Waals surface area contributed by atoms with Crippen LogP contribution in [0.3, 0.4) is 0 Å². The number of fused-ring (bicyclic) bond motifs is 1. The molecule has 0 saturated carbocycles. The second-order valence-corrected chi connectivity index (χ2v) is 10.6. The first-order chi connectivity index (χ1) is 19.6. The fourth-order valence-electron chi connectivity index (χ4n) is 5.55. The normalized spacial score (nSPS) is 16.1. The molecule has 0 amide bonds. The van der Waals surface area contributed by atoms with E-state index in [9.17, 15) is 26.3 Å². The molecule has 4 aromatic rings. The van der Waals surface area contributed by atoms with Gasteiger partial charge in [0.15, 0.2) is 0 Å². The van der Waals surface area contributed by atoms with Crippen LogP contribution in [0.15, 0.2) is 54.6 Å². The second kappa shape index (κ2) is 12.1. The first kappa shape index (κ1) is 29.0. The molecule has 3 aromatic carbocycles. The van der Waals surface area contributed by atoms with Crippen LogP contribution < -0.4 is 5.32 Å². The molecule has 218 valence electrons. The smallest absolute Gasteiger partial charge is 0.381 e. The van der Waals surface area contributed by atoms with Crippen LogP contribution in [0.4, 0.5) is 32.0 Å². The van der Waals surface area contributed by atoms with Gasteiger partial charge in [-0.15, -0.1) is 0 Å². The van der Waals surface area contributed by atoms with Gasteiger partial charge in [-0.3, -0.25) is 4.68 Å². The second-order valence-electron chi connectivity index (χ2n) is 10.6. The summed E-state index contributed by atoms with van der Waals surface area (Å²) < 4.78 is 85.1. The molecular weight excluding hydrogens is 542 g/mol. The molecule has 0 bridgehead atoms. The van der Waals surface area contributed by atoms with Crippen molar-refractivity contribution in [3.8, 4) is 11.3 Å². The molecule has 0 spiro atoms. The summed E-state index contributed by atoms with van der Waals surface area (Å²) in [5.74, 6) is -3.36. The lowest BCUT2D eigenvalue weighted by Crippen LogP contribution is -2.27. The number of hydrogen-bond donors (Lipinski definition) is 1. The predicted octanol–water partition coefficient (Wildman–Crippen LogP) is 8.25. The van der Waals surface area contributed by atoms with Crippen LogP contribution >= 0.6 is 0 Å². The van der Waals surface area contributed by atoms with Gasteiger partial charge in [-0.25, -0.2) is 13.2 Å². The topological polar surface area (TPSA) is 33.1 Å². The minimum absolute atomic E-state index is 0.193. The minimum Gasteiger partial charge on any atom is -0.381 e. The van der Waals surface area contributed by atoms with E-state index >= 15 is 0 Å². The first-order valence-corrected chi connectivity index (χ1v) is 13.9. The van der Waals surface area contributed by atoms with E-state index in [1.807, 2.05) is 12.1 Å². The van der Waals surface area contributed by atoms with Crippen LogP contribution in [0, 0.1) is 17.5 Å². The van der Waals surface area contributed by atoms with Gasteiger partial charge in [0, 0.05) is 53.5 Å². The Morgan fingerprint density at radius 3 is 2.37 bits per heavy atom. The van der Waals surface area contributed by atoms with Gasteiger partial charge in [0.05, 0.1) is 17.8 Å². The lowest BCUT2D eigenvalue weighted by molar-refractivity contribution is -0.136. The van der Waals surface area contributed by atoms with Crippen LogP contribution in [0.25, 0.3) is 22.2 Å². The predicted molar refractivity (Wildman–Crippen MR) is 148 cm³/mol. The minimum atomic E-state index is -4.68. The maximum atomic E-state index is 14.5. The lowest BCUT2D eigenvalue weighted by Gasteiger charge is -2.17. The Bertz CT molecular complexity index is 1470. The number of anilines is 1. The summed E-state index contributed by atoms with van der Waals surface area (Å²) in [6.07, 6.45) is 1.23. The monoisotopic (exact) mass is 574 g/mol. The Balaban J connectivity index is 1.43. The lowest BCUT2D eigenvalue weighted by atomic mass is 10.0. The van der Waals surface area contributed by atoms with Crippen LogP contribution in [-0.4, -0.2) is 40.4 Å². The Morgan fingerprint density at radius 1 is 0.951 bits per heavy atom. The molecule has 5 rings (SSSR count). The van der Waals surface area contributed by atoms with E-state index in [1.54, 1.807) is 12.1 Å². The van der Waals surface area contributed by atoms with Crippen molar-refractivity contribution in [2.45, 2.75) is 57.8 Å². The molecule has 4 nitrogen and oxygen atoms in total. The van der Waals surface area contributed by atoms with Crippen molar-refractivity contribution in [3.63, 3.8) is 0 Å². The Kier molecular flexibility index (Phi) is 8.58. The molecule has 0 unspecified atom stereocenters. The zero-order valence-electron chi connectivity index (χ0n) is 22.7. The number of unbranched alkanes of at least 4 members (excludes halogenated alkanes) is 3. The van der Waals surface area contributed by atoms with E-state index in [0.29, 0.717) is 17.7 Å². The number of likely N-dealkylation sites (tertiary alicyclic amines) is 1. The Morgan fingerprint density at radius 2 is 1.68 bits per heavy atom. The number of rotatable bonds is 10.